The molecule has 0 spiro atoms. The van der Waals surface area contributed by atoms with Crippen molar-refractivity contribution in [1.82, 2.24) is 25.1 Å². The Morgan fingerprint density at radius 1 is 1.11 bits per heavy atom. The first kappa shape index (κ1) is 18.4. The monoisotopic (exact) mass is 401 g/mol. The van der Waals surface area contributed by atoms with Crippen LogP contribution in [0.3, 0.4) is 0 Å². The molecule has 2 aromatic carbocycles. The van der Waals surface area contributed by atoms with Crippen LogP contribution >= 0.6 is 23.4 Å². The highest BCUT2D eigenvalue weighted by Crippen LogP contribution is 2.23. The number of halogens is 1. The van der Waals surface area contributed by atoms with E-state index in [1.807, 2.05) is 48.5 Å². The van der Waals surface area contributed by atoms with Crippen LogP contribution in [0.4, 0.5) is 0 Å². The number of ether oxygens (including phenoxy) is 1. The van der Waals surface area contributed by atoms with Gasteiger partial charge in [0.15, 0.2) is 0 Å². The van der Waals surface area contributed by atoms with Gasteiger partial charge in [-0.05, 0) is 34.2 Å². The van der Waals surface area contributed by atoms with Gasteiger partial charge in [0.05, 0.1) is 18.4 Å². The summed E-state index contributed by atoms with van der Waals surface area (Å²) in [5.41, 5.74) is 2.11. The minimum atomic E-state index is 0.132. The first-order valence-electron chi connectivity index (χ1n) is 8.83. The van der Waals surface area contributed by atoms with E-state index in [0.29, 0.717) is 0 Å². The van der Waals surface area contributed by atoms with E-state index in [0.717, 1.165) is 53.4 Å². The van der Waals surface area contributed by atoms with Gasteiger partial charge in [0.1, 0.15) is 0 Å². The predicted molar refractivity (Wildman–Crippen MR) is 106 cm³/mol. The molecule has 1 atom stereocenters. The fourth-order valence-corrected chi connectivity index (χ4v) is 4.15. The molecule has 8 heteroatoms. The van der Waals surface area contributed by atoms with Crippen molar-refractivity contribution in [3.8, 4) is 5.69 Å². The van der Waals surface area contributed by atoms with Crippen LogP contribution in [-0.4, -0.2) is 56.7 Å². The lowest BCUT2D eigenvalue weighted by Crippen LogP contribution is -2.43. The van der Waals surface area contributed by atoms with Gasteiger partial charge in [-0.1, -0.05) is 59.8 Å². The summed E-state index contributed by atoms with van der Waals surface area (Å²) >= 11 is 7.91. The topological polar surface area (TPSA) is 56.1 Å². The molecule has 140 valence electrons. The van der Waals surface area contributed by atoms with Crippen molar-refractivity contribution in [2.75, 3.05) is 25.4 Å². The van der Waals surface area contributed by atoms with Gasteiger partial charge in [-0.25, -0.2) is 0 Å². The van der Waals surface area contributed by atoms with Crippen LogP contribution in [0.5, 0.6) is 0 Å². The molecular weight excluding hydrogens is 382 g/mol. The van der Waals surface area contributed by atoms with Crippen molar-refractivity contribution < 1.29 is 4.74 Å². The Bertz CT molecular complexity index is 875. The van der Waals surface area contributed by atoms with Crippen molar-refractivity contribution in [2.24, 2.45) is 0 Å². The molecule has 0 amide bonds. The normalized spacial score (nSPS) is 17.9. The molecule has 27 heavy (non-hydrogen) atoms. The van der Waals surface area contributed by atoms with Crippen LogP contribution in [0, 0.1) is 0 Å². The zero-order chi connectivity index (χ0) is 18.5. The molecule has 0 radical (unpaired) electrons. The average molecular weight is 402 g/mol. The third kappa shape index (κ3) is 4.68. The number of hydrogen-bond acceptors (Lipinski definition) is 6. The maximum absolute atomic E-state index is 6.30. The Morgan fingerprint density at radius 2 is 1.93 bits per heavy atom. The zero-order valence-electron chi connectivity index (χ0n) is 14.7. The van der Waals surface area contributed by atoms with Crippen LogP contribution < -0.4 is 0 Å². The maximum Gasteiger partial charge on any atom is 0.214 e. The number of rotatable bonds is 6. The first-order valence-corrected chi connectivity index (χ1v) is 10.2. The third-order valence-corrected chi connectivity index (χ3v) is 5.83. The molecule has 1 aliphatic rings. The zero-order valence-corrected chi connectivity index (χ0v) is 16.3. The number of hydrogen-bond donors (Lipinski definition) is 0. The van der Waals surface area contributed by atoms with Crippen LogP contribution in [-0.2, 0) is 11.3 Å². The fourth-order valence-electron chi connectivity index (χ4n) is 3.06. The summed E-state index contributed by atoms with van der Waals surface area (Å²) in [4.78, 5) is 2.39. The number of nitrogens with zero attached hydrogens (tertiary/aromatic N) is 5. The number of morpholine rings is 1. The standard InChI is InChI=1S/C19H20ClN5OS/c20-18-9-5-4-6-15(18)12-24-10-11-26-17(13-24)14-27-19-21-22-23-25(19)16-7-2-1-3-8-16/h1-9,17H,10-14H2/t17-/m1/s1. The Labute approximate surface area is 167 Å². The summed E-state index contributed by atoms with van der Waals surface area (Å²) in [5, 5.41) is 13.7. The molecule has 0 N–H and O–H groups in total. The molecule has 1 aliphatic heterocycles. The molecule has 4 rings (SSSR count). The highest BCUT2D eigenvalue weighted by molar-refractivity contribution is 7.99. The molecule has 0 bridgehead atoms. The second-order valence-electron chi connectivity index (χ2n) is 6.34. The molecule has 3 aromatic rings. The van der Waals surface area contributed by atoms with E-state index in [1.54, 1.807) is 16.4 Å². The van der Waals surface area contributed by atoms with E-state index >= 15 is 0 Å². The van der Waals surface area contributed by atoms with Crippen molar-refractivity contribution in [3.05, 3.63) is 65.2 Å². The summed E-state index contributed by atoms with van der Waals surface area (Å²) in [5.74, 6) is 0.798. The van der Waals surface area contributed by atoms with Gasteiger partial charge in [-0.15, -0.1) is 5.10 Å². The maximum atomic E-state index is 6.30. The molecule has 1 aromatic heterocycles. The van der Waals surface area contributed by atoms with Crippen molar-refractivity contribution in [2.45, 2.75) is 17.8 Å². The van der Waals surface area contributed by atoms with Crippen LogP contribution in [0.2, 0.25) is 5.02 Å². The third-order valence-electron chi connectivity index (χ3n) is 4.41. The highest BCUT2D eigenvalue weighted by atomic mass is 35.5. The molecule has 0 saturated carbocycles. The number of tetrazole rings is 1. The number of aromatic nitrogens is 4. The first-order chi connectivity index (χ1) is 13.3. The van der Waals surface area contributed by atoms with Gasteiger partial charge in [0.25, 0.3) is 0 Å². The molecule has 0 unspecified atom stereocenters. The molecular formula is C19H20ClN5OS. The molecule has 0 aliphatic carbocycles. The van der Waals surface area contributed by atoms with E-state index in [4.69, 9.17) is 16.3 Å². The second kappa shape index (κ2) is 8.84. The highest BCUT2D eigenvalue weighted by Gasteiger charge is 2.22. The van der Waals surface area contributed by atoms with Crippen molar-refractivity contribution >= 4 is 23.4 Å². The number of thioether (sulfide) groups is 1. The SMILES string of the molecule is Clc1ccccc1CN1CCO[C@@H](CSc2nnnn2-c2ccccc2)C1. The van der Waals surface area contributed by atoms with Gasteiger partial charge < -0.3 is 4.74 Å². The lowest BCUT2D eigenvalue weighted by molar-refractivity contribution is -0.0187. The summed E-state index contributed by atoms with van der Waals surface area (Å²) in [6.45, 7) is 3.34. The quantitative estimate of drug-likeness (QED) is 0.590. The van der Waals surface area contributed by atoms with E-state index in [1.165, 1.54) is 0 Å². The van der Waals surface area contributed by atoms with Gasteiger partial charge in [-0.3, -0.25) is 4.90 Å². The molecule has 1 fully saturated rings. The number of para-hydroxylation sites is 1. The largest absolute Gasteiger partial charge is 0.375 e. The summed E-state index contributed by atoms with van der Waals surface area (Å²) in [6.07, 6.45) is 0.132. The Morgan fingerprint density at radius 3 is 2.78 bits per heavy atom. The van der Waals surface area contributed by atoms with E-state index < -0.39 is 0 Å². The Hall–Kier alpha value is -1.93. The summed E-state index contributed by atoms with van der Waals surface area (Å²) in [6, 6.07) is 17.9. The van der Waals surface area contributed by atoms with E-state index in [-0.39, 0.29) is 6.10 Å². The Balaban J connectivity index is 1.35. The minimum Gasteiger partial charge on any atom is -0.375 e. The van der Waals surface area contributed by atoms with Crippen LogP contribution in [0.25, 0.3) is 5.69 Å². The molecule has 2 heterocycles. The van der Waals surface area contributed by atoms with E-state index in [9.17, 15) is 0 Å². The molecule has 6 nitrogen and oxygen atoms in total. The molecule has 1 saturated heterocycles. The van der Waals surface area contributed by atoms with Gasteiger partial charge in [0, 0.05) is 30.4 Å². The van der Waals surface area contributed by atoms with Gasteiger partial charge in [0.2, 0.25) is 5.16 Å². The van der Waals surface area contributed by atoms with Crippen molar-refractivity contribution in [1.29, 1.82) is 0 Å². The van der Waals surface area contributed by atoms with Crippen molar-refractivity contribution in [3.63, 3.8) is 0 Å². The van der Waals surface area contributed by atoms with Crippen LogP contribution in [0.15, 0.2) is 59.8 Å². The Kier molecular flexibility index (Phi) is 6.03. The summed E-state index contributed by atoms with van der Waals surface area (Å²) < 4.78 is 7.71. The van der Waals surface area contributed by atoms with Gasteiger partial charge in [-0.2, -0.15) is 4.68 Å². The average Bonchev–Trinajstić information content (AvgIpc) is 3.18. The fraction of sp³-hybridized carbons (Fsp3) is 0.316. The van der Waals surface area contributed by atoms with Gasteiger partial charge >= 0.3 is 0 Å². The lowest BCUT2D eigenvalue weighted by atomic mass is 10.2. The van der Waals surface area contributed by atoms with Crippen LogP contribution in [0.1, 0.15) is 5.56 Å². The summed E-state index contributed by atoms with van der Waals surface area (Å²) in [7, 11) is 0. The second-order valence-corrected chi connectivity index (χ2v) is 7.73. The van der Waals surface area contributed by atoms with E-state index in [2.05, 4.69) is 26.5 Å². The smallest absolute Gasteiger partial charge is 0.214 e. The predicted octanol–water partition coefficient (Wildman–Crippen LogP) is 3.31. The lowest BCUT2D eigenvalue weighted by Gasteiger charge is -2.32. The minimum absolute atomic E-state index is 0.132. The number of benzene rings is 2.